The molecule has 5 rings (SSSR count). The second-order valence-corrected chi connectivity index (χ2v) is 12.4. The Morgan fingerprint density at radius 3 is 2.40 bits per heavy atom. The molecule has 0 radical (unpaired) electrons. The van der Waals surface area contributed by atoms with Gasteiger partial charge >= 0.3 is 7.82 Å². The summed E-state index contributed by atoms with van der Waals surface area (Å²) in [5.41, 5.74) is 1.90. The zero-order chi connectivity index (χ0) is 31.1. The normalized spacial score (nSPS) is 35.9. The molecular formula is C28H38N3O11P. The third kappa shape index (κ3) is 6.64. The van der Waals surface area contributed by atoms with Crippen molar-refractivity contribution in [2.75, 3.05) is 7.05 Å². The molecule has 3 heterocycles. The van der Waals surface area contributed by atoms with Crippen molar-refractivity contribution in [3.63, 3.8) is 0 Å². The topological polar surface area (TPSA) is 209 Å². The van der Waals surface area contributed by atoms with Gasteiger partial charge in [-0.15, -0.1) is 0 Å². The molecule has 15 heteroatoms. The first-order valence-corrected chi connectivity index (χ1v) is 15.7. The molecule has 14 nitrogen and oxygen atoms in total. The molecule has 0 unspecified atom stereocenters. The number of fused-ring (bicyclic) bond motifs is 2. The summed E-state index contributed by atoms with van der Waals surface area (Å²) < 4.78 is 33.7. The highest BCUT2D eigenvalue weighted by Crippen LogP contribution is 2.44. The fraction of sp³-hybridized carbons (Fsp3) is 0.571. The Bertz CT molecular complexity index is 1330. The van der Waals surface area contributed by atoms with Crippen LogP contribution < -0.4 is 15.2 Å². The molecule has 0 bridgehead atoms. The molecule has 10 atom stereocenters. The van der Waals surface area contributed by atoms with Crippen LogP contribution in [0.4, 0.5) is 0 Å². The molecule has 236 valence electrons. The van der Waals surface area contributed by atoms with Gasteiger partial charge in [-0.05, 0) is 50.6 Å². The number of phosphoric ester groups is 1. The van der Waals surface area contributed by atoms with E-state index in [1.54, 1.807) is 44.4 Å². The third-order valence-electron chi connectivity index (χ3n) is 8.34. The number of carbonyl (C=O) groups excluding carboxylic acids is 1. The molecule has 1 amide bonds. The van der Waals surface area contributed by atoms with E-state index in [1.165, 1.54) is 12.1 Å². The molecular weight excluding hydrogens is 585 g/mol. The number of phosphoric acid groups is 1. The van der Waals surface area contributed by atoms with Gasteiger partial charge in [0.1, 0.15) is 18.0 Å². The van der Waals surface area contributed by atoms with E-state index in [2.05, 4.69) is 20.1 Å². The van der Waals surface area contributed by atoms with E-state index < -0.39 is 74.3 Å². The number of likely N-dealkylation sites (N-methyl/N-ethyl adjacent to an activating group) is 1. The van der Waals surface area contributed by atoms with Crippen LogP contribution in [0, 0.1) is 5.92 Å². The van der Waals surface area contributed by atoms with E-state index in [0.29, 0.717) is 17.7 Å². The van der Waals surface area contributed by atoms with Gasteiger partial charge in [-0.1, -0.05) is 25.1 Å². The van der Waals surface area contributed by atoms with Crippen LogP contribution in [0.15, 0.2) is 42.6 Å². The molecule has 2 saturated heterocycles. The van der Waals surface area contributed by atoms with Crippen LogP contribution in [0.5, 0.6) is 5.75 Å². The summed E-state index contributed by atoms with van der Waals surface area (Å²) in [6.45, 7) is 3.65. The lowest BCUT2D eigenvalue weighted by Crippen LogP contribution is -2.77. The summed E-state index contributed by atoms with van der Waals surface area (Å²) in [7, 11) is -3.00. The summed E-state index contributed by atoms with van der Waals surface area (Å²) in [4.78, 5) is 35.4. The van der Waals surface area contributed by atoms with Crippen molar-refractivity contribution in [2.45, 2.75) is 87.8 Å². The van der Waals surface area contributed by atoms with E-state index in [4.69, 9.17) is 24.0 Å². The predicted octanol–water partition coefficient (Wildman–Crippen LogP) is 0.205. The molecule has 2 aromatic rings. The van der Waals surface area contributed by atoms with Gasteiger partial charge in [-0.25, -0.2) is 4.57 Å². The highest BCUT2D eigenvalue weighted by atomic mass is 31.2. The standard InChI is InChI=1S/C28H38N3O11P/c1-4-19-23(33)22(29-3)25-26(24(19)34)40-27-28(35,41-25)20(11-14(2)39-27)31-21(32)12-17-8-5-16(13-30-17)15-6-9-18(10-7-15)42-43(36,37)38/h5-10,13-14,19-20,22-27,29,33-35H,4,11-12H2,1-3H3,(H,31,32)(H2,36,37,38)/t14-,19-,20-,22+,23+,24+,25-,26-,27+,28+/m1/s1. The highest BCUT2D eigenvalue weighted by Gasteiger charge is 2.63. The Hall–Kier alpha value is -2.49. The van der Waals surface area contributed by atoms with Crippen molar-refractivity contribution in [3.8, 4) is 16.9 Å². The summed E-state index contributed by atoms with van der Waals surface area (Å²) >= 11 is 0. The lowest BCUT2D eigenvalue weighted by atomic mass is 9.74. The largest absolute Gasteiger partial charge is 0.524 e. The number of nitrogens with one attached hydrogen (secondary N) is 2. The number of nitrogens with zero attached hydrogens (tertiary/aromatic N) is 1. The number of carbonyl (C=O) groups is 1. The Morgan fingerprint density at radius 1 is 1.09 bits per heavy atom. The van der Waals surface area contributed by atoms with E-state index in [9.17, 15) is 24.7 Å². The van der Waals surface area contributed by atoms with Crippen molar-refractivity contribution in [2.24, 2.45) is 5.92 Å². The second kappa shape index (κ2) is 12.5. The number of benzene rings is 1. The van der Waals surface area contributed by atoms with Crippen LogP contribution >= 0.6 is 7.82 Å². The van der Waals surface area contributed by atoms with Crippen molar-refractivity contribution in [3.05, 3.63) is 48.3 Å². The van der Waals surface area contributed by atoms with Gasteiger partial charge in [0.15, 0.2) is 0 Å². The number of pyridine rings is 1. The zero-order valence-corrected chi connectivity index (χ0v) is 24.8. The van der Waals surface area contributed by atoms with Gasteiger partial charge in [-0.3, -0.25) is 19.6 Å². The minimum atomic E-state index is -4.65. The van der Waals surface area contributed by atoms with E-state index in [-0.39, 0.29) is 18.6 Å². The Morgan fingerprint density at radius 2 is 1.79 bits per heavy atom. The van der Waals surface area contributed by atoms with Crippen molar-refractivity contribution < 1.29 is 53.2 Å². The van der Waals surface area contributed by atoms with Gasteiger partial charge in [0.05, 0.1) is 36.8 Å². The SMILES string of the molecule is CC[C@@H]1[C@H](O)[C@H](NC)[C@H]2O[C@]3(O)[C@H](O[C@@H]2[C@H]1O)O[C@H](C)C[C@H]3NC(=O)Cc1ccc(-c2ccc(OP(=O)(O)O)cc2)cn1. The fourth-order valence-electron chi connectivity index (χ4n) is 6.20. The molecule has 3 fully saturated rings. The lowest BCUT2D eigenvalue weighted by molar-refractivity contribution is -0.450. The third-order valence-corrected chi connectivity index (χ3v) is 8.79. The minimum Gasteiger partial charge on any atom is -0.404 e. The van der Waals surface area contributed by atoms with E-state index >= 15 is 0 Å². The number of ether oxygens (including phenoxy) is 3. The molecule has 7 N–H and O–H groups in total. The molecule has 43 heavy (non-hydrogen) atoms. The van der Waals surface area contributed by atoms with Crippen LogP contribution in [-0.4, -0.2) is 97.7 Å². The monoisotopic (exact) mass is 623 g/mol. The van der Waals surface area contributed by atoms with Gasteiger partial charge in [0.25, 0.3) is 0 Å². The molecule has 3 aliphatic rings. The maximum atomic E-state index is 13.1. The minimum absolute atomic E-state index is 0.0231. The van der Waals surface area contributed by atoms with E-state index in [1.807, 2.05) is 6.92 Å². The number of aromatic nitrogens is 1. The average Bonchev–Trinajstić information content (AvgIpc) is 2.94. The number of aliphatic hydroxyl groups is 3. The van der Waals surface area contributed by atoms with Crippen LogP contribution in [0.1, 0.15) is 32.4 Å². The molecule has 1 aromatic carbocycles. The van der Waals surface area contributed by atoms with E-state index in [0.717, 1.165) is 5.56 Å². The number of aliphatic hydroxyl groups excluding tert-OH is 2. The number of hydrogen-bond acceptors (Lipinski definition) is 11. The number of hydrogen-bond donors (Lipinski definition) is 7. The Kier molecular flexibility index (Phi) is 9.27. The van der Waals surface area contributed by atoms with Crippen molar-refractivity contribution in [1.29, 1.82) is 0 Å². The van der Waals surface area contributed by atoms with Crippen LogP contribution in [0.25, 0.3) is 11.1 Å². The first-order valence-electron chi connectivity index (χ1n) is 14.2. The average molecular weight is 624 g/mol. The quantitative estimate of drug-likeness (QED) is 0.196. The highest BCUT2D eigenvalue weighted by molar-refractivity contribution is 7.46. The van der Waals surface area contributed by atoms with Crippen LogP contribution in [-0.2, 0) is 30.0 Å². The van der Waals surface area contributed by atoms with Crippen LogP contribution in [0.3, 0.4) is 0 Å². The molecule has 2 aliphatic heterocycles. The van der Waals surface area contributed by atoms with Gasteiger partial charge in [0, 0.05) is 23.4 Å². The summed E-state index contributed by atoms with van der Waals surface area (Å²) in [5.74, 6) is -2.94. The summed E-state index contributed by atoms with van der Waals surface area (Å²) in [6.07, 6.45) is -3.26. The number of rotatable bonds is 8. The summed E-state index contributed by atoms with van der Waals surface area (Å²) in [6, 6.07) is 7.98. The molecule has 0 spiro atoms. The van der Waals surface area contributed by atoms with Gasteiger partial charge in [0.2, 0.25) is 18.0 Å². The molecule has 1 aliphatic carbocycles. The first kappa shape index (κ1) is 31.9. The van der Waals surface area contributed by atoms with Crippen LogP contribution in [0.2, 0.25) is 0 Å². The maximum Gasteiger partial charge on any atom is 0.524 e. The van der Waals surface area contributed by atoms with Gasteiger partial charge in [-0.2, -0.15) is 0 Å². The maximum absolute atomic E-state index is 13.1. The van der Waals surface area contributed by atoms with Crippen molar-refractivity contribution >= 4 is 13.7 Å². The number of amides is 1. The van der Waals surface area contributed by atoms with Crippen molar-refractivity contribution in [1.82, 2.24) is 15.6 Å². The lowest BCUT2D eigenvalue weighted by Gasteiger charge is -2.58. The Balaban J connectivity index is 1.26. The fourth-order valence-corrected chi connectivity index (χ4v) is 6.59. The summed E-state index contributed by atoms with van der Waals surface area (Å²) in [5, 5.41) is 39.5. The molecule has 1 aromatic heterocycles. The zero-order valence-electron chi connectivity index (χ0n) is 23.9. The molecule has 1 saturated carbocycles. The Labute approximate surface area is 248 Å². The predicted molar refractivity (Wildman–Crippen MR) is 150 cm³/mol. The first-order chi connectivity index (χ1) is 20.3. The van der Waals surface area contributed by atoms with Gasteiger partial charge < -0.3 is 44.7 Å². The second-order valence-electron chi connectivity index (χ2n) is 11.3. The smallest absolute Gasteiger partial charge is 0.404 e.